The number of rotatable bonds is 8. The van der Waals surface area contributed by atoms with Crippen LogP contribution in [0.4, 0.5) is 13.2 Å². The van der Waals surface area contributed by atoms with Gasteiger partial charge in [-0.3, -0.25) is 14.3 Å². The molecular formula is C31H35F3N6O3. The number of nitrogens with one attached hydrogen (secondary N) is 1. The van der Waals surface area contributed by atoms with Crippen molar-refractivity contribution in [3.8, 4) is 11.3 Å². The SMILES string of the molecule is CNC1Cc2ccc(-c3cnc4c(=O)n(CC5(O)CCN(C(O)CC(c6ccccc6)C(F)(F)F)CC5)cnn34)cc2C1. The molecule has 1 fully saturated rings. The normalized spacial score (nSPS) is 20.3. The van der Waals surface area contributed by atoms with Gasteiger partial charge in [0.25, 0.3) is 5.56 Å². The summed E-state index contributed by atoms with van der Waals surface area (Å²) in [7, 11) is 1.96. The van der Waals surface area contributed by atoms with Crippen molar-refractivity contribution in [2.45, 2.75) is 68.6 Å². The Hall–Kier alpha value is -3.58. The first-order chi connectivity index (χ1) is 20.5. The maximum absolute atomic E-state index is 13.8. The van der Waals surface area contributed by atoms with E-state index in [0.717, 1.165) is 18.4 Å². The van der Waals surface area contributed by atoms with E-state index in [2.05, 4.69) is 27.5 Å². The Kier molecular flexibility index (Phi) is 7.88. The Labute approximate surface area is 246 Å². The molecule has 1 aliphatic carbocycles. The lowest BCUT2D eigenvalue weighted by molar-refractivity contribution is -0.166. The molecule has 3 N–H and O–H groups in total. The predicted molar refractivity (Wildman–Crippen MR) is 155 cm³/mol. The number of hydrogen-bond acceptors (Lipinski definition) is 7. The van der Waals surface area contributed by atoms with Gasteiger partial charge in [-0.05, 0) is 55.5 Å². The van der Waals surface area contributed by atoms with E-state index in [4.69, 9.17) is 0 Å². The van der Waals surface area contributed by atoms with E-state index in [1.165, 1.54) is 38.7 Å². The molecule has 1 aliphatic heterocycles. The average molecular weight is 597 g/mol. The van der Waals surface area contributed by atoms with Crippen molar-refractivity contribution in [3.63, 3.8) is 0 Å². The fourth-order valence-electron chi connectivity index (χ4n) is 6.41. The van der Waals surface area contributed by atoms with Gasteiger partial charge in [-0.2, -0.15) is 18.3 Å². The monoisotopic (exact) mass is 596 g/mol. The molecule has 3 heterocycles. The van der Waals surface area contributed by atoms with Crippen molar-refractivity contribution in [3.05, 3.63) is 88.1 Å². The van der Waals surface area contributed by atoms with Gasteiger partial charge in [0.2, 0.25) is 5.65 Å². The number of likely N-dealkylation sites (N-methyl/N-ethyl adjacent to an activating group) is 1. The lowest BCUT2D eigenvalue weighted by Gasteiger charge is -2.41. The Balaban J connectivity index is 1.13. The zero-order valence-electron chi connectivity index (χ0n) is 23.8. The number of aromatic nitrogens is 4. The Bertz CT molecular complexity index is 1650. The lowest BCUT2D eigenvalue weighted by Crippen LogP contribution is -2.51. The highest BCUT2D eigenvalue weighted by molar-refractivity contribution is 5.64. The zero-order valence-corrected chi connectivity index (χ0v) is 23.8. The number of likely N-dealkylation sites (tertiary alicyclic amines) is 1. The van der Waals surface area contributed by atoms with Crippen molar-refractivity contribution >= 4 is 5.65 Å². The first-order valence-corrected chi connectivity index (χ1v) is 14.5. The number of alkyl halides is 3. The number of benzene rings is 2. The highest BCUT2D eigenvalue weighted by Gasteiger charge is 2.43. The lowest BCUT2D eigenvalue weighted by atomic mass is 9.89. The molecule has 0 bridgehead atoms. The van der Waals surface area contributed by atoms with Crippen molar-refractivity contribution < 1.29 is 23.4 Å². The number of halogens is 3. The number of hydrogen-bond donors (Lipinski definition) is 3. The standard InChI is InChI=1S/C31H35F3N6O3/c1-35-24-14-21-7-8-22(13-23(21)15-24)26-17-36-28-29(42)39(19-37-40(26)28)18-30(43)9-11-38(12-10-30)27(41)16-25(31(32,33)34)20-5-3-2-4-6-20/h2-8,13,17,19,24-25,27,35,41,43H,9-12,14-16,18H2,1H3. The molecule has 0 saturated carbocycles. The van der Waals surface area contributed by atoms with Crippen molar-refractivity contribution in [2.24, 2.45) is 0 Å². The third kappa shape index (κ3) is 5.97. The van der Waals surface area contributed by atoms with Gasteiger partial charge in [0.15, 0.2) is 0 Å². The van der Waals surface area contributed by atoms with E-state index in [0.29, 0.717) is 11.7 Å². The van der Waals surface area contributed by atoms with Crippen molar-refractivity contribution in [1.29, 1.82) is 0 Å². The van der Waals surface area contributed by atoms with Gasteiger partial charge in [0.05, 0.1) is 30.0 Å². The topological polar surface area (TPSA) is 108 Å². The Morgan fingerprint density at radius 2 is 1.81 bits per heavy atom. The van der Waals surface area contributed by atoms with Crippen LogP contribution in [0, 0.1) is 0 Å². The molecule has 1 saturated heterocycles. The van der Waals surface area contributed by atoms with Crippen LogP contribution in [-0.2, 0) is 19.4 Å². The Morgan fingerprint density at radius 3 is 2.51 bits per heavy atom. The van der Waals surface area contributed by atoms with Crippen LogP contribution in [0.15, 0.2) is 65.8 Å². The molecule has 2 aromatic heterocycles. The fraction of sp³-hybridized carbons (Fsp3) is 0.452. The second kappa shape index (κ2) is 11.5. The Morgan fingerprint density at radius 1 is 1.09 bits per heavy atom. The van der Waals surface area contributed by atoms with Gasteiger partial charge in [0.1, 0.15) is 12.6 Å². The largest absolute Gasteiger partial charge is 0.395 e. The molecule has 0 amide bonds. The van der Waals surface area contributed by atoms with Crippen molar-refractivity contribution in [1.82, 2.24) is 29.4 Å². The van der Waals surface area contributed by atoms with Crippen LogP contribution in [-0.4, -0.2) is 78.5 Å². The molecule has 3 atom stereocenters. The summed E-state index contributed by atoms with van der Waals surface area (Å²) in [6, 6.07) is 14.2. The van der Waals surface area contributed by atoms with E-state index in [1.54, 1.807) is 29.3 Å². The van der Waals surface area contributed by atoms with Crippen LogP contribution < -0.4 is 10.9 Å². The third-order valence-electron chi connectivity index (χ3n) is 9.00. The summed E-state index contributed by atoms with van der Waals surface area (Å²) < 4.78 is 44.3. The molecule has 0 radical (unpaired) electrons. The third-order valence-corrected chi connectivity index (χ3v) is 9.00. The molecule has 2 aliphatic rings. The van der Waals surface area contributed by atoms with E-state index < -0.39 is 35.9 Å². The van der Waals surface area contributed by atoms with Crippen LogP contribution in [0.3, 0.4) is 0 Å². The van der Waals surface area contributed by atoms with E-state index >= 15 is 0 Å². The summed E-state index contributed by atoms with van der Waals surface area (Å²) in [6.45, 7) is 0.324. The summed E-state index contributed by atoms with van der Waals surface area (Å²) in [6.07, 6.45) is -1.08. The van der Waals surface area contributed by atoms with Crippen molar-refractivity contribution in [2.75, 3.05) is 20.1 Å². The van der Waals surface area contributed by atoms with E-state index in [1.807, 2.05) is 13.1 Å². The van der Waals surface area contributed by atoms with E-state index in [-0.39, 0.29) is 43.7 Å². The molecule has 2 aromatic carbocycles. The highest BCUT2D eigenvalue weighted by Crippen LogP contribution is 2.39. The number of nitrogens with zero attached hydrogens (tertiary/aromatic N) is 5. The first-order valence-electron chi connectivity index (χ1n) is 14.5. The number of aliphatic hydroxyl groups excluding tert-OH is 1. The molecular weight excluding hydrogens is 561 g/mol. The van der Waals surface area contributed by atoms with Crippen LogP contribution >= 0.6 is 0 Å². The van der Waals surface area contributed by atoms with Gasteiger partial charge < -0.3 is 15.5 Å². The number of aliphatic hydroxyl groups is 2. The maximum atomic E-state index is 13.8. The summed E-state index contributed by atoms with van der Waals surface area (Å²) in [4.78, 5) is 19.2. The van der Waals surface area contributed by atoms with Gasteiger partial charge >= 0.3 is 6.18 Å². The second-order valence-electron chi connectivity index (χ2n) is 11.8. The molecule has 12 heteroatoms. The zero-order chi connectivity index (χ0) is 30.4. The summed E-state index contributed by atoms with van der Waals surface area (Å²) in [5, 5.41) is 29.8. The van der Waals surface area contributed by atoms with Crippen LogP contribution in [0.1, 0.15) is 41.9 Å². The van der Waals surface area contributed by atoms with Gasteiger partial charge in [0, 0.05) is 31.1 Å². The summed E-state index contributed by atoms with van der Waals surface area (Å²) in [5.41, 5.74) is 2.73. The van der Waals surface area contributed by atoms with Crippen LogP contribution in [0.25, 0.3) is 16.9 Å². The predicted octanol–water partition coefficient (Wildman–Crippen LogP) is 3.13. The minimum absolute atomic E-state index is 0.0408. The summed E-state index contributed by atoms with van der Waals surface area (Å²) >= 11 is 0. The maximum Gasteiger partial charge on any atom is 0.395 e. The van der Waals surface area contributed by atoms with Crippen LogP contribution in [0.5, 0.6) is 0 Å². The average Bonchev–Trinajstić information content (AvgIpc) is 3.61. The molecule has 0 spiro atoms. The number of fused-ring (bicyclic) bond motifs is 2. The van der Waals surface area contributed by atoms with Crippen LogP contribution in [0.2, 0.25) is 0 Å². The molecule has 3 unspecified atom stereocenters. The fourth-order valence-corrected chi connectivity index (χ4v) is 6.41. The second-order valence-corrected chi connectivity index (χ2v) is 11.8. The quantitative estimate of drug-likeness (QED) is 0.287. The van der Waals surface area contributed by atoms with E-state index in [9.17, 15) is 28.2 Å². The number of imidazole rings is 1. The molecule has 4 aromatic rings. The molecule has 43 heavy (non-hydrogen) atoms. The minimum atomic E-state index is -4.51. The van der Waals surface area contributed by atoms with Gasteiger partial charge in [-0.15, -0.1) is 0 Å². The van der Waals surface area contributed by atoms with Gasteiger partial charge in [-0.25, -0.2) is 9.50 Å². The molecule has 9 nitrogen and oxygen atoms in total. The highest BCUT2D eigenvalue weighted by atomic mass is 19.4. The minimum Gasteiger partial charge on any atom is -0.388 e. The summed E-state index contributed by atoms with van der Waals surface area (Å²) in [5.74, 6) is -1.80. The molecule has 6 rings (SSSR count). The number of piperidine rings is 1. The molecule has 228 valence electrons. The smallest absolute Gasteiger partial charge is 0.388 e. The van der Waals surface area contributed by atoms with Gasteiger partial charge in [-0.1, -0.05) is 42.5 Å². The first kappa shape index (κ1) is 29.5.